The van der Waals surface area contributed by atoms with E-state index in [1.165, 1.54) is 0 Å². The van der Waals surface area contributed by atoms with Crippen molar-refractivity contribution in [3.05, 3.63) is 30.4 Å². The molecule has 0 aromatic carbocycles. The van der Waals surface area contributed by atoms with Crippen LogP contribution in [0.25, 0.3) is 11.4 Å². The van der Waals surface area contributed by atoms with Gasteiger partial charge in [-0.1, -0.05) is 5.16 Å². The second-order valence-corrected chi connectivity index (χ2v) is 6.02. The molecule has 3 rings (SSSR count). The van der Waals surface area contributed by atoms with Crippen LogP contribution in [0.5, 0.6) is 0 Å². The van der Waals surface area contributed by atoms with Gasteiger partial charge in [0, 0.05) is 44.0 Å². The standard InChI is InChI=1S/C17H22N4O3/c1-23-14-4-2-13(3-5-14)19-15(22)6-7-16-20-17(21-24-16)12-8-10-18-11-9-12/h8-11,13-14H,2-7H2,1H3,(H,19,22). The first-order chi connectivity index (χ1) is 11.7. The van der Waals surface area contributed by atoms with Gasteiger partial charge in [-0.05, 0) is 37.8 Å². The van der Waals surface area contributed by atoms with Crippen LogP contribution in [0.4, 0.5) is 0 Å². The first kappa shape index (κ1) is 16.6. The predicted octanol–water partition coefficient (Wildman–Crippen LogP) is 2.14. The molecule has 24 heavy (non-hydrogen) atoms. The highest BCUT2D eigenvalue weighted by Gasteiger charge is 2.22. The molecule has 1 N–H and O–H groups in total. The summed E-state index contributed by atoms with van der Waals surface area (Å²) in [6.07, 6.45) is 8.42. The van der Waals surface area contributed by atoms with Crippen molar-refractivity contribution in [3.8, 4) is 11.4 Å². The maximum absolute atomic E-state index is 12.1. The fourth-order valence-corrected chi connectivity index (χ4v) is 2.94. The highest BCUT2D eigenvalue weighted by Crippen LogP contribution is 2.20. The van der Waals surface area contributed by atoms with Crippen LogP contribution in [-0.2, 0) is 16.0 Å². The van der Waals surface area contributed by atoms with Crippen molar-refractivity contribution < 1.29 is 14.1 Å². The molecule has 7 nitrogen and oxygen atoms in total. The van der Waals surface area contributed by atoms with Gasteiger partial charge in [0.15, 0.2) is 0 Å². The Labute approximate surface area is 140 Å². The summed E-state index contributed by atoms with van der Waals surface area (Å²) >= 11 is 0. The van der Waals surface area contributed by atoms with E-state index in [0.717, 1.165) is 31.2 Å². The zero-order valence-corrected chi connectivity index (χ0v) is 13.8. The molecule has 1 aliphatic carbocycles. The van der Waals surface area contributed by atoms with Crippen molar-refractivity contribution in [2.75, 3.05) is 7.11 Å². The van der Waals surface area contributed by atoms with Gasteiger partial charge in [0.1, 0.15) is 0 Å². The molecule has 7 heteroatoms. The number of hydrogen-bond donors (Lipinski definition) is 1. The van der Waals surface area contributed by atoms with E-state index < -0.39 is 0 Å². The zero-order chi connectivity index (χ0) is 16.8. The molecule has 0 spiro atoms. The van der Waals surface area contributed by atoms with Crippen LogP contribution in [0.3, 0.4) is 0 Å². The summed E-state index contributed by atoms with van der Waals surface area (Å²) in [5, 5.41) is 7.02. The second-order valence-electron chi connectivity index (χ2n) is 6.02. The number of methoxy groups -OCH3 is 1. The number of aryl methyl sites for hydroxylation is 1. The van der Waals surface area contributed by atoms with E-state index in [4.69, 9.17) is 9.26 Å². The number of rotatable bonds is 6. The van der Waals surface area contributed by atoms with Gasteiger partial charge in [0.05, 0.1) is 6.10 Å². The lowest BCUT2D eigenvalue weighted by Crippen LogP contribution is -2.39. The van der Waals surface area contributed by atoms with E-state index in [1.807, 2.05) is 12.1 Å². The predicted molar refractivity (Wildman–Crippen MR) is 87.0 cm³/mol. The summed E-state index contributed by atoms with van der Waals surface area (Å²) < 4.78 is 10.6. The number of nitrogens with zero attached hydrogens (tertiary/aromatic N) is 3. The number of carbonyl (C=O) groups is 1. The number of amides is 1. The summed E-state index contributed by atoms with van der Waals surface area (Å²) in [4.78, 5) is 20.3. The molecule has 0 atom stereocenters. The van der Waals surface area contributed by atoms with Crippen LogP contribution in [0.2, 0.25) is 0 Å². The van der Waals surface area contributed by atoms with E-state index in [1.54, 1.807) is 19.5 Å². The maximum Gasteiger partial charge on any atom is 0.227 e. The van der Waals surface area contributed by atoms with Gasteiger partial charge < -0.3 is 14.6 Å². The molecule has 0 aliphatic heterocycles. The lowest BCUT2D eigenvalue weighted by Gasteiger charge is -2.28. The minimum Gasteiger partial charge on any atom is -0.381 e. The molecular formula is C17H22N4O3. The van der Waals surface area contributed by atoms with Gasteiger partial charge in [-0.2, -0.15) is 4.98 Å². The van der Waals surface area contributed by atoms with Crippen molar-refractivity contribution >= 4 is 5.91 Å². The number of nitrogens with one attached hydrogen (secondary N) is 1. The van der Waals surface area contributed by atoms with Gasteiger partial charge in [-0.25, -0.2) is 0 Å². The number of pyridine rings is 1. The van der Waals surface area contributed by atoms with Crippen LogP contribution >= 0.6 is 0 Å². The van der Waals surface area contributed by atoms with Crippen LogP contribution in [-0.4, -0.2) is 40.3 Å². The summed E-state index contributed by atoms with van der Waals surface area (Å²) in [5.74, 6) is 1.02. The highest BCUT2D eigenvalue weighted by molar-refractivity contribution is 5.76. The first-order valence-corrected chi connectivity index (χ1v) is 8.29. The van der Waals surface area contributed by atoms with Gasteiger partial charge in [0.2, 0.25) is 17.6 Å². The molecular weight excluding hydrogens is 308 g/mol. The minimum atomic E-state index is 0.0273. The SMILES string of the molecule is COC1CCC(NC(=O)CCc2nc(-c3ccncc3)no2)CC1. The van der Waals surface area contributed by atoms with Crippen molar-refractivity contribution in [3.63, 3.8) is 0 Å². The molecule has 2 heterocycles. The Bertz CT molecular complexity index is 651. The van der Waals surface area contributed by atoms with Crippen LogP contribution < -0.4 is 5.32 Å². The Kier molecular flexibility index (Phi) is 5.53. The summed E-state index contributed by atoms with van der Waals surface area (Å²) in [6, 6.07) is 3.88. The average Bonchev–Trinajstić information content (AvgIpc) is 3.10. The lowest BCUT2D eigenvalue weighted by atomic mass is 9.93. The van der Waals surface area contributed by atoms with Crippen LogP contribution in [0.1, 0.15) is 38.0 Å². The fraction of sp³-hybridized carbons (Fsp3) is 0.529. The number of hydrogen-bond acceptors (Lipinski definition) is 6. The number of carbonyl (C=O) groups excluding carboxylic acids is 1. The van der Waals surface area contributed by atoms with Gasteiger partial charge >= 0.3 is 0 Å². The van der Waals surface area contributed by atoms with E-state index in [9.17, 15) is 4.79 Å². The summed E-state index contributed by atoms with van der Waals surface area (Å²) in [6.45, 7) is 0. The Morgan fingerprint density at radius 1 is 1.29 bits per heavy atom. The molecule has 1 saturated carbocycles. The number of aromatic nitrogens is 3. The third kappa shape index (κ3) is 4.38. The Balaban J connectivity index is 1.44. The fourth-order valence-electron chi connectivity index (χ4n) is 2.94. The number of ether oxygens (including phenoxy) is 1. The molecule has 1 fully saturated rings. The quantitative estimate of drug-likeness (QED) is 0.872. The summed E-state index contributed by atoms with van der Waals surface area (Å²) in [5.41, 5.74) is 0.847. The van der Waals surface area contributed by atoms with Crippen molar-refractivity contribution in [1.29, 1.82) is 0 Å². The van der Waals surface area contributed by atoms with Gasteiger partial charge in [0.25, 0.3) is 0 Å². The Morgan fingerprint density at radius 3 is 2.75 bits per heavy atom. The second kappa shape index (κ2) is 8.01. The molecule has 128 valence electrons. The minimum absolute atomic E-state index is 0.0273. The van der Waals surface area contributed by atoms with E-state index in [2.05, 4.69) is 20.4 Å². The van der Waals surface area contributed by atoms with Gasteiger partial charge in [-0.3, -0.25) is 9.78 Å². The molecule has 1 aliphatic rings. The molecule has 0 bridgehead atoms. The normalized spacial score (nSPS) is 20.7. The van der Waals surface area contributed by atoms with Crippen molar-refractivity contribution in [2.24, 2.45) is 0 Å². The average molecular weight is 330 g/mol. The molecule has 2 aromatic rings. The van der Waals surface area contributed by atoms with Crippen molar-refractivity contribution in [2.45, 2.75) is 50.7 Å². The van der Waals surface area contributed by atoms with E-state index in [-0.39, 0.29) is 11.9 Å². The molecule has 1 amide bonds. The Hall–Kier alpha value is -2.28. The maximum atomic E-state index is 12.1. The van der Waals surface area contributed by atoms with E-state index in [0.29, 0.717) is 30.7 Å². The lowest BCUT2D eigenvalue weighted by molar-refractivity contribution is -0.122. The topological polar surface area (TPSA) is 90.1 Å². The summed E-state index contributed by atoms with van der Waals surface area (Å²) in [7, 11) is 1.74. The Morgan fingerprint density at radius 2 is 2.04 bits per heavy atom. The molecule has 0 radical (unpaired) electrons. The van der Waals surface area contributed by atoms with Crippen LogP contribution in [0.15, 0.2) is 29.0 Å². The van der Waals surface area contributed by atoms with Crippen LogP contribution in [0, 0.1) is 0 Å². The smallest absolute Gasteiger partial charge is 0.227 e. The van der Waals surface area contributed by atoms with Crippen molar-refractivity contribution in [1.82, 2.24) is 20.4 Å². The third-order valence-electron chi connectivity index (χ3n) is 4.35. The first-order valence-electron chi connectivity index (χ1n) is 8.29. The molecule has 2 aromatic heterocycles. The third-order valence-corrected chi connectivity index (χ3v) is 4.35. The van der Waals surface area contributed by atoms with E-state index >= 15 is 0 Å². The molecule has 0 unspecified atom stereocenters. The zero-order valence-electron chi connectivity index (χ0n) is 13.8. The van der Waals surface area contributed by atoms with Gasteiger partial charge in [-0.15, -0.1) is 0 Å². The highest BCUT2D eigenvalue weighted by atomic mass is 16.5. The largest absolute Gasteiger partial charge is 0.381 e. The monoisotopic (exact) mass is 330 g/mol. The molecule has 0 saturated heterocycles.